The van der Waals surface area contributed by atoms with Crippen LogP contribution in [0.5, 0.6) is 0 Å². The molecule has 0 amide bonds. The van der Waals surface area contributed by atoms with Crippen LogP contribution >= 0.6 is 0 Å². The largest absolute Gasteiger partial charge is 0.366 e. The minimum atomic E-state index is -0.295. The standard InChI is InChI=1S/C16H19N3O2/c1-10-6-5-9-19-15(10)18-14(13(11(2)20)16(19)21)17-12-7-3-4-8-12/h5-6,9,12,17H,3-4,7-8H2,1-2H3. The first-order valence-electron chi connectivity index (χ1n) is 7.37. The van der Waals surface area contributed by atoms with E-state index < -0.39 is 0 Å². The van der Waals surface area contributed by atoms with E-state index >= 15 is 0 Å². The van der Waals surface area contributed by atoms with Gasteiger partial charge in [-0.3, -0.25) is 14.0 Å². The van der Waals surface area contributed by atoms with Crippen molar-refractivity contribution in [1.29, 1.82) is 0 Å². The number of Topliss-reactive ketones (excluding diaryl/α,β-unsaturated/α-hetero) is 1. The molecule has 1 aliphatic carbocycles. The number of hydrogen-bond acceptors (Lipinski definition) is 4. The molecule has 0 atom stereocenters. The molecule has 3 rings (SSSR count). The first-order valence-corrected chi connectivity index (χ1v) is 7.37. The third-order valence-electron chi connectivity index (χ3n) is 4.10. The molecule has 110 valence electrons. The zero-order valence-electron chi connectivity index (χ0n) is 12.3. The van der Waals surface area contributed by atoms with E-state index in [-0.39, 0.29) is 16.9 Å². The van der Waals surface area contributed by atoms with Crippen LogP contribution in [0.15, 0.2) is 23.1 Å². The van der Waals surface area contributed by atoms with Crippen molar-refractivity contribution in [3.63, 3.8) is 0 Å². The highest BCUT2D eigenvalue weighted by Crippen LogP contribution is 2.23. The monoisotopic (exact) mass is 285 g/mol. The van der Waals surface area contributed by atoms with Crippen molar-refractivity contribution in [2.24, 2.45) is 0 Å². The summed E-state index contributed by atoms with van der Waals surface area (Å²) in [6.45, 7) is 3.33. The highest BCUT2D eigenvalue weighted by molar-refractivity contribution is 5.98. The summed E-state index contributed by atoms with van der Waals surface area (Å²) in [6.07, 6.45) is 6.14. The van der Waals surface area contributed by atoms with E-state index in [0.717, 1.165) is 18.4 Å². The fourth-order valence-electron chi connectivity index (χ4n) is 2.98. The third kappa shape index (κ3) is 2.44. The summed E-state index contributed by atoms with van der Waals surface area (Å²) >= 11 is 0. The molecule has 2 aromatic rings. The van der Waals surface area contributed by atoms with Crippen LogP contribution in [-0.4, -0.2) is 21.2 Å². The Balaban J connectivity index is 2.20. The van der Waals surface area contributed by atoms with Crippen LogP contribution in [0.25, 0.3) is 5.65 Å². The van der Waals surface area contributed by atoms with Gasteiger partial charge in [0.2, 0.25) is 0 Å². The number of hydrogen-bond donors (Lipinski definition) is 1. The number of pyridine rings is 1. The Morgan fingerprint density at radius 3 is 2.76 bits per heavy atom. The van der Waals surface area contributed by atoms with Crippen molar-refractivity contribution >= 4 is 17.2 Å². The average Bonchev–Trinajstić information content (AvgIpc) is 2.93. The smallest absolute Gasteiger partial charge is 0.270 e. The molecule has 0 saturated heterocycles. The minimum absolute atomic E-state index is 0.157. The molecular weight excluding hydrogens is 266 g/mol. The van der Waals surface area contributed by atoms with Crippen molar-refractivity contribution < 1.29 is 4.79 Å². The number of nitrogens with one attached hydrogen (secondary N) is 1. The van der Waals surface area contributed by atoms with Crippen LogP contribution in [0.3, 0.4) is 0 Å². The van der Waals surface area contributed by atoms with Gasteiger partial charge < -0.3 is 5.32 Å². The Hall–Kier alpha value is -2.17. The van der Waals surface area contributed by atoms with E-state index in [1.807, 2.05) is 13.0 Å². The van der Waals surface area contributed by atoms with Gasteiger partial charge in [0.1, 0.15) is 17.0 Å². The van der Waals surface area contributed by atoms with Crippen molar-refractivity contribution in [3.05, 3.63) is 39.8 Å². The lowest BCUT2D eigenvalue weighted by molar-refractivity contribution is 0.101. The topological polar surface area (TPSA) is 63.5 Å². The van der Waals surface area contributed by atoms with Gasteiger partial charge in [0.15, 0.2) is 5.78 Å². The van der Waals surface area contributed by atoms with Gasteiger partial charge in [-0.15, -0.1) is 0 Å². The zero-order chi connectivity index (χ0) is 15.0. The lowest BCUT2D eigenvalue weighted by atomic mass is 10.1. The van der Waals surface area contributed by atoms with Gasteiger partial charge in [0.05, 0.1) is 0 Å². The highest BCUT2D eigenvalue weighted by atomic mass is 16.1. The summed E-state index contributed by atoms with van der Waals surface area (Å²) in [5, 5.41) is 3.31. The molecule has 5 heteroatoms. The maximum atomic E-state index is 12.6. The third-order valence-corrected chi connectivity index (χ3v) is 4.10. The van der Waals surface area contributed by atoms with Gasteiger partial charge in [-0.05, 0) is 38.3 Å². The van der Waals surface area contributed by atoms with Crippen molar-refractivity contribution in [2.45, 2.75) is 45.6 Å². The summed E-state index contributed by atoms with van der Waals surface area (Å²) in [6, 6.07) is 4.01. The lowest BCUT2D eigenvalue weighted by Crippen LogP contribution is -2.27. The van der Waals surface area contributed by atoms with Gasteiger partial charge in [0, 0.05) is 12.2 Å². The molecule has 1 N–H and O–H groups in total. The summed E-state index contributed by atoms with van der Waals surface area (Å²) in [5.41, 5.74) is 1.38. The quantitative estimate of drug-likeness (QED) is 0.880. The molecular formula is C16H19N3O2. The fraction of sp³-hybridized carbons (Fsp3) is 0.438. The second kappa shape index (κ2) is 5.31. The van der Waals surface area contributed by atoms with E-state index in [2.05, 4.69) is 10.3 Å². The second-order valence-electron chi connectivity index (χ2n) is 5.71. The van der Waals surface area contributed by atoms with E-state index in [0.29, 0.717) is 17.5 Å². The highest BCUT2D eigenvalue weighted by Gasteiger charge is 2.21. The number of anilines is 1. The number of rotatable bonds is 3. The maximum absolute atomic E-state index is 12.6. The van der Waals surface area contributed by atoms with Crippen molar-refractivity contribution in [3.8, 4) is 0 Å². The van der Waals surface area contributed by atoms with Crippen LogP contribution < -0.4 is 10.9 Å². The predicted octanol–water partition coefficient (Wildman–Crippen LogP) is 2.56. The average molecular weight is 285 g/mol. The molecule has 1 saturated carbocycles. The number of aryl methyl sites for hydroxylation is 1. The predicted molar refractivity (Wildman–Crippen MR) is 82.1 cm³/mol. The van der Waals surface area contributed by atoms with E-state index in [1.54, 1.807) is 12.3 Å². The molecule has 0 unspecified atom stereocenters. The molecule has 0 aliphatic heterocycles. The normalized spacial score (nSPS) is 15.5. The summed E-state index contributed by atoms with van der Waals surface area (Å²) in [5.74, 6) is 0.192. The Morgan fingerprint density at radius 1 is 1.38 bits per heavy atom. The molecule has 2 aromatic heterocycles. The second-order valence-corrected chi connectivity index (χ2v) is 5.71. The molecule has 2 heterocycles. The SMILES string of the molecule is CC(=O)c1c(NC2CCCC2)nc2c(C)cccn2c1=O. The van der Waals surface area contributed by atoms with Gasteiger partial charge in [-0.1, -0.05) is 18.9 Å². The number of ketones is 1. The van der Waals surface area contributed by atoms with Gasteiger partial charge >= 0.3 is 0 Å². The van der Waals surface area contributed by atoms with Gasteiger partial charge in [-0.25, -0.2) is 4.98 Å². The van der Waals surface area contributed by atoms with Gasteiger partial charge in [-0.2, -0.15) is 0 Å². The Morgan fingerprint density at radius 2 is 2.10 bits per heavy atom. The number of carbonyl (C=O) groups excluding carboxylic acids is 1. The van der Waals surface area contributed by atoms with Crippen LogP contribution in [0.4, 0.5) is 5.82 Å². The number of aromatic nitrogens is 2. The zero-order valence-corrected chi connectivity index (χ0v) is 12.3. The lowest BCUT2D eigenvalue weighted by Gasteiger charge is -2.16. The minimum Gasteiger partial charge on any atom is -0.366 e. The summed E-state index contributed by atoms with van der Waals surface area (Å²) in [4.78, 5) is 29.0. The molecule has 21 heavy (non-hydrogen) atoms. The van der Waals surface area contributed by atoms with Crippen LogP contribution in [0.2, 0.25) is 0 Å². The molecule has 0 radical (unpaired) electrons. The van der Waals surface area contributed by atoms with E-state index in [9.17, 15) is 9.59 Å². The Bertz CT molecular complexity index is 758. The molecule has 5 nitrogen and oxygen atoms in total. The summed E-state index contributed by atoms with van der Waals surface area (Å²) < 4.78 is 1.45. The van der Waals surface area contributed by atoms with E-state index in [4.69, 9.17) is 0 Å². The fourth-order valence-corrected chi connectivity index (χ4v) is 2.98. The van der Waals surface area contributed by atoms with Crippen LogP contribution in [0.1, 0.15) is 48.5 Å². The maximum Gasteiger partial charge on any atom is 0.270 e. The number of nitrogens with zero attached hydrogens (tertiary/aromatic N) is 2. The molecule has 1 fully saturated rings. The summed E-state index contributed by atoms with van der Waals surface area (Å²) in [7, 11) is 0. The number of fused-ring (bicyclic) bond motifs is 1. The molecule has 0 bridgehead atoms. The molecule has 0 aromatic carbocycles. The molecule has 1 aliphatic rings. The van der Waals surface area contributed by atoms with Crippen LogP contribution in [-0.2, 0) is 0 Å². The Labute approximate surface area is 123 Å². The first kappa shape index (κ1) is 13.8. The Kier molecular flexibility index (Phi) is 3.49. The van der Waals surface area contributed by atoms with E-state index in [1.165, 1.54) is 24.2 Å². The first-order chi connectivity index (χ1) is 10.1. The van der Waals surface area contributed by atoms with Gasteiger partial charge in [0.25, 0.3) is 5.56 Å². The van der Waals surface area contributed by atoms with Crippen molar-refractivity contribution in [1.82, 2.24) is 9.38 Å². The van der Waals surface area contributed by atoms with Crippen molar-refractivity contribution in [2.75, 3.05) is 5.32 Å². The number of carbonyl (C=O) groups is 1. The van der Waals surface area contributed by atoms with Crippen LogP contribution in [0, 0.1) is 6.92 Å². The molecule has 0 spiro atoms.